The van der Waals surface area contributed by atoms with E-state index >= 15 is 0 Å². The fourth-order valence-electron chi connectivity index (χ4n) is 2.48. The van der Waals surface area contributed by atoms with Crippen LogP contribution in [0.2, 0.25) is 0 Å². The number of hydrogen-bond acceptors (Lipinski definition) is 4. The predicted octanol–water partition coefficient (Wildman–Crippen LogP) is 3.57. The number of carbonyl (C=O) groups is 1. The van der Waals surface area contributed by atoms with Gasteiger partial charge in [0.1, 0.15) is 12.4 Å². The molecule has 0 bridgehead atoms. The van der Waals surface area contributed by atoms with Crippen LogP contribution in [0.4, 0.5) is 4.39 Å². The molecule has 146 valence electrons. The third-order valence-electron chi connectivity index (χ3n) is 4.01. The van der Waals surface area contributed by atoms with Crippen molar-refractivity contribution >= 4 is 21.8 Å². The van der Waals surface area contributed by atoms with E-state index in [0.29, 0.717) is 19.7 Å². The van der Waals surface area contributed by atoms with Crippen molar-refractivity contribution in [3.63, 3.8) is 0 Å². The van der Waals surface area contributed by atoms with Crippen molar-refractivity contribution in [3.05, 3.63) is 58.3 Å². The zero-order valence-corrected chi connectivity index (χ0v) is 17.3. The van der Waals surface area contributed by atoms with E-state index in [0.717, 1.165) is 15.8 Å². The Hall–Kier alpha value is -2.12. The molecule has 1 amide bonds. The first kappa shape index (κ1) is 21.2. The fraction of sp³-hybridized carbons (Fsp3) is 0.350. The minimum absolute atomic E-state index is 0.0223. The molecule has 0 N–H and O–H groups in total. The van der Waals surface area contributed by atoms with Gasteiger partial charge in [0.15, 0.2) is 11.6 Å². The number of carbonyl (C=O) groups excluding carboxylic acids is 1. The maximum atomic E-state index is 13.8. The molecule has 2 rings (SSSR count). The number of benzene rings is 2. The molecule has 0 spiro atoms. The molecule has 0 aromatic heterocycles. The highest BCUT2D eigenvalue weighted by atomic mass is 79.9. The van der Waals surface area contributed by atoms with Crippen molar-refractivity contribution in [2.24, 2.45) is 0 Å². The van der Waals surface area contributed by atoms with Gasteiger partial charge in [-0.05, 0) is 49.0 Å². The monoisotopic (exact) mass is 438 g/mol. The van der Waals surface area contributed by atoms with Gasteiger partial charge in [-0.2, -0.15) is 0 Å². The van der Waals surface area contributed by atoms with E-state index in [9.17, 15) is 9.18 Å². The molecular weight excluding hydrogens is 415 g/mol. The van der Waals surface area contributed by atoms with Crippen LogP contribution in [-0.4, -0.2) is 56.6 Å². The van der Waals surface area contributed by atoms with Gasteiger partial charge < -0.3 is 14.4 Å². The van der Waals surface area contributed by atoms with Crippen molar-refractivity contribution in [1.29, 1.82) is 0 Å². The van der Waals surface area contributed by atoms with Crippen LogP contribution in [0.5, 0.6) is 11.5 Å². The van der Waals surface area contributed by atoms with Gasteiger partial charge in [-0.15, -0.1) is 0 Å². The van der Waals surface area contributed by atoms with E-state index in [-0.39, 0.29) is 18.2 Å². The molecule has 7 heteroatoms. The first-order valence-electron chi connectivity index (χ1n) is 8.52. The normalized spacial score (nSPS) is 10.7. The van der Waals surface area contributed by atoms with E-state index in [2.05, 4.69) is 15.9 Å². The molecule has 0 aliphatic carbocycles. The molecule has 0 atom stereocenters. The number of nitrogens with zero attached hydrogens (tertiary/aromatic N) is 2. The fourth-order valence-corrected chi connectivity index (χ4v) is 2.75. The number of methoxy groups -OCH3 is 1. The van der Waals surface area contributed by atoms with E-state index in [1.807, 2.05) is 36.2 Å². The lowest BCUT2D eigenvalue weighted by atomic mass is 10.2. The van der Waals surface area contributed by atoms with Crippen LogP contribution in [0.25, 0.3) is 0 Å². The van der Waals surface area contributed by atoms with Crippen LogP contribution < -0.4 is 9.47 Å². The number of ether oxygens (including phenoxy) is 2. The molecule has 0 unspecified atom stereocenters. The lowest BCUT2D eigenvalue weighted by molar-refractivity contribution is -0.131. The van der Waals surface area contributed by atoms with Gasteiger partial charge >= 0.3 is 0 Å². The molecule has 0 fully saturated rings. The molecule has 2 aromatic rings. The van der Waals surface area contributed by atoms with E-state index in [1.54, 1.807) is 24.1 Å². The maximum absolute atomic E-state index is 13.8. The molecule has 0 aliphatic rings. The summed E-state index contributed by atoms with van der Waals surface area (Å²) in [5, 5.41) is 0. The smallest absolute Gasteiger partial charge is 0.236 e. The maximum Gasteiger partial charge on any atom is 0.236 e. The van der Waals surface area contributed by atoms with Crippen molar-refractivity contribution < 1.29 is 18.7 Å². The molecule has 0 heterocycles. The summed E-state index contributed by atoms with van der Waals surface area (Å²) in [7, 11) is 5.00. The molecular formula is C20H24BrFN2O3. The highest BCUT2D eigenvalue weighted by Crippen LogP contribution is 2.18. The third-order valence-corrected chi connectivity index (χ3v) is 4.54. The van der Waals surface area contributed by atoms with Crippen molar-refractivity contribution in [2.75, 3.05) is 40.9 Å². The highest BCUT2D eigenvalue weighted by Gasteiger charge is 2.13. The summed E-state index contributed by atoms with van der Waals surface area (Å²) in [6.45, 7) is 1.61. The van der Waals surface area contributed by atoms with Gasteiger partial charge in [0.2, 0.25) is 5.91 Å². The first-order valence-corrected chi connectivity index (χ1v) is 9.31. The minimum atomic E-state index is -0.406. The summed E-state index contributed by atoms with van der Waals surface area (Å²) >= 11 is 3.37. The SMILES string of the molecule is COc1ccc(CN(C)CC(=O)N(C)CCOc2ccc(Br)cc2)cc1F. The number of amides is 1. The molecule has 0 saturated heterocycles. The van der Waals surface area contributed by atoms with Gasteiger partial charge in [0.25, 0.3) is 0 Å². The lowest BCUT2D eigenvalue weighted by Crippen LogP contribution is -2.38. The zero-order chi connectivity index (χ0) is 19.8. The van der Waals surface area contributed by atoms with Crippen LogP contribution >= 0.6 is 15.9 Å². The molecule has 2 aromatic carbocycles. The highest BCUT2D eigenvalue weighted by molar-refractivity contribution is 9.10. The number of rotatable bonds is 9. The van der Waals surface area contributed by atoms with E-state index in [1.165, 1.54) is 13.2 Å². The number of halogens is 2. The summed E-state index contributed by atoms with van der Waals surface area (Å²) < 4.78 is 25.3. The van der Waals surface area contributed by atoms with E-state index < -0.39 is 5.82 Å². The Morgan fingerprint density at radius 3 is 2.48 bits per heavy atom. The third kappa shape index (κ3) is 6.84. The largest absolute Gasteiger partial charge is 0.494 e. The second-order valence-electron chi connectivity index (χ2n) is 6.26. The van der Waals surface area contributed by atoms with Gasteiger partial charge in [0, 0.05) is 18.1 Å². The summed E-state index contributed by atoms with van der Waals surface area (Å²) in [5.74, 6) is 0.545. The Morgan fingerprint density at radius 1 is 1.15 bits per heavy atom. The Morgan fingerprint density at radius 2 is 1.85 bits per heavy atom. The molecule has 27 heavy (non-hydrogen) atoms. The minimum Gasteiger partial charge on any atom is -0.494 e. The summed E-state index contributed by atoms with van der Waals surface area (Å²) in [5.41, 5.74) is 0.782. The average molecular weight is 439 g/mol. The second-order valence-corrected chi connectivity index (χ2v) is 7.17. The summed E-state index contributed by atoms with van der Waals surface area (Å²) in [4.78, 5) is 15.8. The van der Waals surface area contributed by atoms with Gasteiger partial charge in [-0.3, -0.25) is 9.69 Å². The first-order chi connectivity index (χ1) is 12.9. The van der Waals surface area contributed by atoms with Crippen LogP contribution in [0.15, 0.2) is 46.9 Å². The van der Waals surface area contributed by atoms with Gasteiger partial charge in [-0.25, -0.2) is 4.39 Å². The number of likely N-dealkylation sites (N-methyl/N-ethyl adjacent to an activating group) is 2. The molecule has 0 aliphatic heterocycles. The quantitative estimate of drug-likeness (QED) is 0.599. The van der Waals surface area contributed by atoms with Gasteiger partial charge in [0.05, 0.1) is 20.2 Å². The van der Waals surface area contributed by atoms with Crippen molar-refractivity contribution in [1.82, 2.24) is 9.80 Å². The second kappa shape index (κ2) is 10.3. The zero-order valence-electron chi connectivity index (χ0n) is 15.7. The molecule has 0 radical (unpaired) electrons. The Kier molecular flexibility index (Phi) is 8.06. The summed E-state index contributed by atoms with van der Waals surface area (Å²) in [6.07, 6.45) is 0. The Labute approximate surface area is 167 Å². The summed E-state index contributed by atoms with van der Waals surface area (Å²) in [6, 6.07) is 12.4. The van der Waals surface area contributed by atoms with Crippen LogP contribution in [-0.2, 0) is 11.3 Å². The van der Waals surface area contributed by atoms with Crippen molar-refractivity contribution in [2.45, 2.75) is 6.54 Å². The lowest BCUT2D eigenvalue weighted by Gasteiger charge is -2.22. The van der Waals surface area contributed by atoms with Crippen molar-refractivity contribution in [3.8, 4) is 11.5 Å². The molecule has 5 nitrogen and oxygen atoms in total. The van der Waals surface area contributed by atoms with E-state index in [4.69, 9.17) is 9.47 Å². The molecule has 0 saturated carbocycles. The topological polar surface area (TPSA) is 42.0 Å². The Balaban J connectivity index is 1.75. The Bertz CT molecular complexity index is 755. The number of hydrogen-bond donors (Lipinski definition) is 0. The standard InChI is InChI=1S/C20H24BrFN2O3/c1-23(13-15-4-9-19(26-3)18(22)12-15)14-20(25)24(2)10-11-27-17-7-5-16(21)6-8-17/h4-9,12H,10-11,13-14H2,1-3H3. The van der Waals surface area contributed by atoms with Gasteiger partial charge in [-0.1, -0.05) is 22.0 Å². The average Bonchev–Trinajstić information content (AvgIpc) is 2.63. The predicted molar refractivity (Wildman–Crippen MR) is 107 cm³/mol. The van der Waals surface area contributed by atoms with Crippen LogP contribution in [0, 0.1) is 5.82 Å². The van der Waals surface area contributed by atoms with Crippen LogP contribution in [0.1, 0.15) is 5.56 Å². The van der Waals surface area contributed by atoms with Crippen LogP contribution in [0.3, 0.4) is 0 Å².